The summed E-state index contributed by atoms with van der Waals surface area (Å²) in [6, 6.07) is 24.5. The predicted octanol–water partition coefficient (Wildman–Crippen LogP) is 8.80. The summed E-state index contributed by atoms with van der Waals surface area (Å²) in [6.45, 7) is 1.67. The second-order valence-electron chi connectivity index (χ2n) is 12.1. The Morgan fingerprint density at radius 1 is 0.882 bits per heavy atom. The summed E-state index contributed by atoms with van der Waals surface area (Å²) in [6.07, 6.45) is 1.43. The van der Waals surface area contributed by atoms with Crippen molar-refractivity contribution in [2.24, 2.45) is 0 Å². The summed E-state index contributed by atoms with van der Waals surface area (Å²) < 4.78 is 44.9. The van der Waals surface area contributed by atoms with Crippen molar-refractivity contribution in [2.45, 2.75) is 36.1 Å². The number of piperidine rings is 1. The van der Waals surface area contributed by atoms with E-state index in [0.29, 0.717) is 22.3 Å². The summed E-state index contributed by atoms with van der Waals surface area (Å²) in [5.41, 5.74) is 2.58. The van der Waals surface area contributed by atoms with Crippen molar-refractivity contribution in [3.8, 4) is 0 Å². The molecule has 1 aliphatic rings. The van der Waals surface area contributed by atoms with E-state index in [1.54, 1.807) is 48.5 Å². The Hall–Kier alpha value is -5.49. The van der Waals surface area contributed by atoms with Crippen LogP contribution in [0.2, 0.25) is 0 Å². The molecule has 1 aliphatic heterocycles. The number of benzene rings is 4. The molecule has 0 unspecified atom stereocenters. The minimum Gasteiger partial charge on any atom is -0.503 e. The smallest absolute Gasteiger partial charge is 0.416 e. The summed E-state index contributed by atoms with van der Waals surface area (Å²) in [5.74, 6) is -0.618. The Balaban J connectivity index is 1.22. The maximum Gasteiger partial charge on any atom is 0.416 e. The third-order valence-corrected chi connectivity index (χ3v) is 9.59. The van der Waals surface area contributed by atoms with Gasteiger partial charge in [0.2, 0.25) is 5.78 Å². The van der Waals surface area contributed by atoms with E-state index in [2.05, 4.69) is 20.5 Å². The zero-order valence-electron chi connectivity index (χ0n) is 27.7. The third-order valence-electron chi connectivity index (χ3n) is 8.52. The highest BCUT2D eigenvalue weighted by Crippen LogP contribution is 2.33. The van der Waals surface area contributed by atoms with Gasteiger partial charge in [-0.2, -0.15) is 13.2 Å². The van der Waals surface area contributed by atoms with Crippen molar-refractivity contribution < 1.29 is 32.3 Å². The molecule has 0 spiro atoms. The minimum absolute atomic E-state index is 0.114. The number of thioether (sulfide) groups is 1. The van der Waals surface area contributed by atoms with Crippen LogP contribution in [0.4, 0.5) is 24.5 Å². The van der Waals surface area contributed by atoms with Crippen LogP contribution in [0.1, 0.15) is 67.2 Å². The van der Waals surface area contributed by atoms with Gasteiger partial charge in [-0.05, 0) is 91.6 Å². The van der Waals surface area contributed by atoms with Crippen LogP contribution in [0.15, 0.2) is 108 Å². The molecule has 1 aromatic heterocycles. The van der Waals surface area contributed by atoms with Crippen molar-refractivity contribution in [2.75, 3.05) is 30.4 Å². The van der Waals surface area contributed by atoms with Crippen LogP contribution in [0, 0.1) is 0 Å². The fraction of sp³-hybridized carbons (Fsp3) is 0.205. The molecule has 4 aromatic carbocycles. The average molecular weight is 713 g/mol. The van der Waals surface area contributed by atoms with Crippen LogP contribution in [0.5, 0.6) is 0 Å². The average Bonchev–Trinajstić information content (AvgIpc) is 3.58. The van der Waals surface area contributed by atoms with E-state index in [1.165, 1.54) is 43.5 Å². The summed E-state index contributed by atoms with van der Waals surface area (Å²) in [5, 5.41) is 6.00. The number of alkyl halides is 3. The number of aromatic amines is 1. The molecular weight excluding hydrogens is 678 g/mol. The van der Waals surface area contributed by atoms with Gasteiger partial charge in [0.1, 0.15) is 0 Å². The number of nitrogens with one attached hydrogen (secondary N) is 3. The minimum atomic E-state index is -4.52. The molecule has 0 saturated carbocycles. The monoisotopic (exact) mass is 712 g/mol. The Labute approximate surface area is 297 Å². The zero-order valence-corrected chi connectivity index (χ0v) is 28.5. The SMILES string of the molecule is CO/C=C/NC(=O)c1cccc(SCc2cccc(C(=O)Nc3ccc(N4CCCCC4)cc3C(=O)c3cc4ccc(C(F)(F)F)cc4[nH]3)c2)c1. The number of hydrogen-bond donors (Lipinski definition) is 3. The van der Waals surface area contributed by atoms with Crippen LogP contribution >= 0.6 is 11.8 Å². The van der Waals surface area contributed by atoms with Crippen molar-refractivity contribution >= 4 is 51.6 Å². The van der Waals surface area contributed by atoms with Gasteiger partial charge >= 0.3 is 6.18 Å². The lowest BCUT2D eigenvalue weighted by Crippen LogP contribution is -2.29. The first kappa shape index (κ1) is 35.3. The number of anilines is 2. The molecule has 6 rings (SSSR count). The number of nitrogens with zero attached hydrogens (tertiary/aromatic N) is 1. The fourth-order valence-corrected chi connectivity index (χ4v) is 6.80. The van der Waals surface area contributed by atoms with E-state index in [1.807, 2.05) is 18.2 Å². The molecule has 262 valence electrons. The highest BCUT2D eigenvalue weighted by molar-refractivity contribution is 7.98. The first-order valence-electron chi connectivity index (χ1n) is 16.3. The third kappa shape index (κ3) is 8.64. The Bertz CT molecular complexity index is 2100. The number of methoxy groups -OCH3 is 1. The van der Waals surface area contributed by atoms with Gasteiger partial charge in [0.05, 0.1) is 30.3 Å². The predicted molar refractivity (Wildman–Crippen MR) is 193 cm³/mol. The number of amides is 2. The van der Waals surface area contributed by atoms with Crippen molar-refractivity contribution in [3.05, 3.63) is 137 Å². The van der Waals surface area contributed by atoms with Gasteiger partial charge in [0.15, 0.2) is 0 Å². The summed E-state index contributed by atoms with van der Waals surface area (Å²) in [7, 11) is 1.49. The lowest BCUT2D eigenvalue weighted by molar-refractivity contribution is -0.137. The summed E-state index contributed by atoms with van der Waals surface area (Å²) in [4.78, 5) is 46.0. The second kappa shape index (κ2) is 15.6. The highest BCUT2D eigenvalue weighted by atomic mass is 32.2. The summed E-state index contributed by atoms with van der Waals surface area (Å²) >= 11 is 1.51. The molecule has 0 radical (unpaired) electrons. The van der Waals surface area contributed by atoms with E-state index >= 15 is 0 Å². The largest absolute Gasteiger partial charge is 0.503 e. The van der Waals surface area contributed by atoms with Crippen molar-refractivity contribution in [3.63, 3.8) is 0 Å². The van der Waals surface area contributed by atoms with Gasteiger partial charge < -0.3 is 25.3 Å². The van der Waals surface area contributed by atoms with Gasteiger partial charge in [-0.3, -0.25) is 14.4 Å². The number of hydrogen-bond acceptors (Lipinski definition) is 6. The molecule has 0 bridgehead atoms. The number of halogens is 3. The van der Waals surface area contributed by atoms with Crippen LogP contribution in [0.3, 0.4) is 0 Å². The quantitative estimate of drug-likeness (QED) is 0.0719. The highest BCUT2D eigenvalue weighted by Gasteiger charge is 2.31. The lowest BCUT2D eigenvalue weighted by atomic mass is 10.0. The van der Waals surface area contributed by atoms with Crippen LogP contribution in [-0.4, -0.2) is 42.8 Å². The van der Waals surface area contributed by atoms with E-state index < -0.39 is 23.4 Å². The van der Waals surface area contributed by atoms with Crippen molar-refractivity contribution in [1.29, 1.82) is 0 Å². The Kier molecular flexibility index (Phi) is 10.8. The van der Waals surface area contributed by atoms with E-state index in [-0.39, 0.29) is 28.4 Å². The van der Waals surface area contributed by atoms with Crippen LogP contribution < -0.4 is 15.5 Å². The van der Waals surface area contributed by atoms with Gasteiger partial charge in [-0.25, -0.2) is 0 Å². The van der Waals surface area contributed by atoms with Gasteiger partial charge in [-0.1, -0.05) is 24.3 Å². The lowest BCUT2D eigenvalue weighted by Gasteiger charge is -2.29. The molecule has 1 fully saturated rings. The number of ketones is 1. The maximum atomic E-state index is 14.0. The number of carbonyl (C=O) groups is 3. The molecule has 2 heterocycles. The molecular formula is C39H35F3N4O4S. The molecule has 8 nitrogen and oxygen atoms in total. The number of aromatic nitrogens is 1. The fourth-order valence-electron chi connectivity index (χ4n) is 5.90. The van der Waals surface area contributed by atoms with Crippen LogP contribution in [0.25, 0.3) is 10.9 Å². The standard InChI is InChI=1S/C39H35F3N4O4S/c1-50-18-15-43-37(48)28-9-6-10-31(20-28)51-24-25-7-5-8-27(19-25)38(49)45-33-14-13-30(46-16-3-2-4-17-46)23-32(33)36(47)35-21-26-11-12-29(39(40,41)42)22-34(26)44-35/h5-15,18-23,44H,2-4,16-17,24H2,1H3,(H,43,48)(H,45,49)/b18-15+. The Morgan fingerprint density at radius 2 is 1.65 bits per heavy atom. The molecule has 3 N–H and O–H groups in total. The number of H-pyrrole nitrogens is 1. The van der Waals surface area contributed by atoms with Gasteiger partial charge in [0.25, 0.3) is 11.8 Å². The Morgan fingerprint density at radius 3 is 2.41 bits per heavy atom. The molecule has 12 heteroatoms. The molecule has 1 saturated heterocycles. The second-order valence-corrected chi connectivity index (χ2v) is 13.1. The topological polar surface area (TPSA) is 104 Å². The van der Waals surface area contributed by atoms with E-state index in [9.17, 15) is 27.6 Å². The first-order valence-corrected chi connectivity index (χ1v) is 17.3. The first-order chi connectivity index (χ1) is 24.6. The van der Waals surface area contributed by atoms with E-state index in [0.717, 1.165) is 60.6 Å². The number of carbonyl (C=O) groups excluding carboxylic acids is 3. The van der Waals surface area contributed by atoms with Gasteiger partial charge in [0, 0.05) is 63.2 Å². The number of ether oxygens (including phenoxy) is 1. The molecule has 51 heavy (non-hydrogen) atoms. The number of rotatable bonds is 11. The van der Waals surface area contributed by atoms with Crippen LogP contribution in [-0.2, 0) is 16.7 Å². The molecule has 0 atom stereocenters. The maximum absolute atomic E-state index is 14.0. The molecule has 2 amide bonds. The van der Waals surface area contributed by atoms with Gasteiger partial charge in [-0.15, -0.1) is 11.8 Å². The molecule has 5 aromatic rings. The van der Waals surface area contributed by atoms with Crippen molar-refractivity contribution in [1.82, 2.24) is 10.3 Å². The normalized spacial score (nSPS) is 13.4. The molecule has 0 aliphatic carbocycles. The van der Waals surface area contributed by atoms with E-state index in [4.69, 9.17) is 4.74 Å². The zero-order chi connectivity index (χ0) is 36.0. The number of fused-ring (bicyclic) bond motifs is 1.